The second kappa shape index (κ2) is 17.3. The molecule has 0 saturated carbocycles. The summed E-state index contributed by atoms with van der Waals surface area (Å²) in [7, 11) is 7.45. The van der Waals surface area contributed by atoms with Gasteiger partial charge in [-0.2, -0.15) is 0 Å². The number of fused-ring (bicyclic) bond motifs is 1. The number of anilines is 1. The molecule has 3 fully saturated rings. The highest BCUT2D eigenvalue weighted by Crippen LogP contribution is 2.27. The number of benzene rings is 2. The Balaban J connectivity index is 1.05. The fourth-order valence-corrected chi connectivity index (χ4v) is 8.30. The second-order valence-electron chi connectivity index (χ2n) is 13.9. The third kappa shape index (κ3) is 9.19. The predicted molar refractivity (Wildman–Crippen MR) is 198 cm³/mol. The van der Waals surface area contributed by atoms with Crippen molar-refractivity contribution in [3.63, 3.8) is 0 Å². The van der Waals surface area contributed by atoms with E-state index in [4.69, 9.17) is 17.4 Å². The maximum absolute atomic E-state index is 14.1. The van der Waals surface area contributed by atoms with Crippen LogP contribution in [0.4, 0.5) is 15.3 Å². The van der Waals surface area contributed by atoms with E-state index in [1.807, 2.05) is 29.2 Å². The van der Waals surface area contributed by atoms with E-state index in [1.165, 1.54) is 7.11 Å². The molecule has 3 N–H and O–H groups in total. The number of nitrogens with one attached hydrogen (secondary N) is 2. The van der Waals surface area contributed by atoms with Gasteiger partial charge in [-0.3, -0.25) is 24.2 Å². The Labute approximate surface area is 314 Å². The number of ether oxygens (including phenoxy) is 1. The van der Waals surface area contributed by atoms with Crippen LogP contribution in [0.2, 0.25) is 0 Å². The smallest absolute Gasteiger partial charge is 0.410 e. The van der Waals surface area contributed by atoms with E-state index < -0.39 is 12.2 Å². The highest BCUT2D eigenvalue weighted by atomic mass is 79.9. The first kappa shape index (κ1) is 37.9. The number of urea groups is 1. The van der Waals surface area contributed by atoms with Gasteiger partial charge in [0.1, 0.15) is 13.6 Å². The summed E-state index contributed by atoms with van der Waals surface area (Å²) in [6, 6.07) is 11.3. The summed E-state index contributed by atoms with van der Waals surface area (Å²) in [5, 5.41) is 13.2. The molecule has 2 radical (unpaired) electrons. The number of piperazine rings is 1. The van der Waals surface area contributed by atoms with Crippen molar-refractivity contribution in [2.75, 3.05) is 77.9 Å². The van der Waals surface area contributed by atoms with E-state index in [0.29, 0.717) is 68.2 Å². The van der Waals surface area contributed by atoms with Crippen LogP contribution in [-0.2, 0) is 32.0 Å². The molecule has 1 atom stereocenters. The van der Waals surface area contributed by atoms with Crippen molar-refractivity contribution in [2.45, 2.75) is 56.7 Å². The highest BCUT2D eigenvalue weighted by Gasteiger charge is 2.37. The summed E-state index contributed by atoms with van der Waals surface area (Å²) >= 11 is 3.33. The number of phenolic OH excluding ortho intramolecular Hbond substituents is 1. The number of hydrogen-bond donors (Lipinski definition) is 3. The zero-order valence-corrected chi connectivity index (χ0v) is 31.2. The topological polar surface area (TPSA) is 147 Å². The van der Waals surface area contributed by atoms with E-state index in [2.05, 4.69) is 36.5 Å². The second-order valence-corrected chi connectivity index (χ2v) is 14.8. The Kier molecular flexibility index (Phi) is 12.6. The molecule has 0 unspecified atom stereocenters. The van der Waals surface area contributed by atoms with Crippen LogP contribution in [0.25, 0.3) is 0 Å². The first-order valence-corrected chi connectivity index (χ1v) is 18.8. The molecule has 52 heavy (non-hydrogen) atoms. The maximum Gasteiger partial charge on any atom is 0.410 e. The van der Waals surface area contributed by atoms with E-state index in [-0.39, 0.29) is 41.5 Å². The lowest BCUT2D eigenvalue weighted by atomic mass is 9.91. The van der Waals surface area contributed by atoms with Gasteiger partial charge in [-0.05, 0) is 71.3 Å². The van der Waals surface area contributed by atoms with Crippen molar-refractivity contribution in [3.05, 3.63) is 52.0 Å². The number of carbonyl (C=O) groups excluding carboxylic acids is 4. The molecule has 278 valence electrons. The number of aromatic hydroxyl groups is 1. The molecular formula is C36H47BBrN7O7. The molecular weight excluding hydrogens is 733 g/mol. The normalized spacial score (nSPS) is 20.1. The first-order valence-electron chi connectivity index (χ1n) is 18.0. The molecule has 2 aromatic carbocycles. The number of likely N-dealkylation sites (tertiary alicyclic amines) is 2. The van der Waals surface area contributed by atoms with Gasteiger partial charge in [0.05, 0.1) is 18.1 Å². The quantitative estimate of drug-likeness (QED) is 0.257. The first-order chi connectivity index (χ1) is 25.1. The summed E-state index contributed by atoms with van der Waals surface area (Å²) in [6.07, 6.45) is 1.96. The van der Waals surface area contributed by atoms with Crippen LogP contribution in [-0.4, -0.2) is 152 Å². The Bertz CT molecular complexity index is 1590. The van der Waals surface area contributed by atoms with Gasteiger partial charge in [0.15, 0.2) is 6.10 Å². The molecule has 4 aliphatic rings. The number of halogens is 1. The monoisotopic (exact) mass is 779 g/mol. The van der Waals surface area contributed by atoms with Gasteiger partial charge in [-0.25, -0.2) is 15.1 Å². The number of piperidine rings is 2. The van der Waals surface area contributed by atoms with Crippen LogP contribution in [0, 0.1) is 0 Å². The van der Waals surface area contributed by atoms with Gasteiger partial charge in [0.25, 0.3) is 11.8 Å². The van der Waals surface area contributed by atoms with E-state index in [0.717, 1.165) is 56.7 Å². The molecule has 4 heterocycles. The van der Waals surface area contributed by atoms with Gasteiger partial charge >= 0.3 is 12.1 Å². The number of para-hydroxylation sites is 1. The molecule has 4 aliphatic heterocycles. The van der Waals surface area contributed by atoms with E-state index in [1.54, 1.807) is 21.9 Å². The highest BCUT2D eigenvalue weighted by molar-refractivity contribution is 9.10. The van der Waals surface area contributed by atoms with E-state index in [9.17, 15) is 24.3 Å². The number of rotatable bonds is 9. The Hall–Kier alpha value is -3.86. The fourth-order valence-electron chi connectivity index (χ4n) is 7.78. The maximum atomic E-state index is 14.1. The third-order valence-electron chi connectivity index (χ3n) is 10.7. The predicted octanol–water partition coefficient (Wildman–Crippen LogP) is 1.84. The lowest BCUT2D eigenvalue weighted by molar-refractivity contribution is -0.142. The molecule has 16 heteroatoms. The molecule has 0 aromatic heterocycles. The van der Waals surface area contributed by atoms with Crippen molar-refractivity contribution in [3.8, 4) is 5.75 Å². The van der Waals surface area contributed by atoms with Crippen molar-refractivity contribution in [1.82, 2.24) is 30.0 Å². The Morgan fingerprint density at radius 2 is 1.63 bits per heavy atom. The van der Waals surface area contributed by atoms with Gasteiger partial charge < -0.3 is 29.9 Å². The van der Waals surface area contributed by atoms with Crippen LogP contribution in [0.3, 0.4) is 0 Å². The largest absolute Gasteiger partial charge is 0.507 e. The molecule has 0 spiro atoms. The van der Waals surface area contributed by atoms with Crippen molar-refractivity contribution < 1.29 is 33.9 Å². The van der Waals surface area contributed by atoms with Gasteiger partial charge in [0.2, 0.25) is 0 Å². The number of carbonyl (C=O) groups is 4. The molecule has 2 aromatic rings. The molecule has 0 bridgehead atoms. The Morgan fingerprint density at radius 3 is 2.33 bits per heavy atom. The number of hydrogen-bond acceptors (Lipinski definition) is 9. The summed E-state index contributed by atoms with van der Waals surface area (Å²) in [5.41, 5.74) is 5.11. The number of amides is 5. The molecule has 3 saturated heterocycles. The molecule has 5 amide bonds. The van der Waals surface area contributed by atoms with Gasteiger partial charge in [-0.15, -0.1) is 0 Å². The standard InChI is InChI=1S/C36H47BBrN7O7/c1-51-40-32(46)23-41-16-18-42(19-17-41)26-7-11-43(12-8-26)34(48)31(22-24-20-28(37)33(47)29(38)21-24)52-36(50)44-13-9-27(10-14-44)45-15-6-25-4-2-3-5-30(25)39-35(45)49/h2-5,20-21,26-27,31,47H,6-19,22-23H2,1H3,(H,39,49)(H,40,46)/t31-/m1/s1. The van der Waals surface area contributed by atoms with Crippen molar-refractivity contribution >= 4 is 58.9 Å². The summed E-state index contributed by atoms with van der Waals surface area (Å²) in [4.78, 5) is 67.2. The average molecular weight is 781 g/mol. The Morgan fingerprint density at radius 1 is 0.962 bits per heavy atom. The zero-order valence-electron chi connectivity index (χ0n) is 29.6. The number of nitrogens with zero attached hydrogens (tertiary/aromatic N) is 5. The molecule has 6 rings (SSSR count). The zero-order chi connectivity index (χ0) is 36.8. The van der Waals surface area contributed by atoms with Gasteiger partial charge in [0, 0.05) is 83.1 Å². The fraction of sp³-hybridized carbons (Fsp3) is 0.556. The SMILES string of the molecule is [B]c1cc(C[C@@H](OC(=O)N2CCC(N3CCc4ccccc4NC3=O)CC2)C(=O)N2CCC(N3CCN(CC(=O)NOC)CC3)CC2)cc(Br)c1O. The van der Waals surface area contributed by atoms with Crippen molar-refractivity contribution in [1.29, 1.82) is 0 Å². The third-order valence-corrected chi connectivity index (χ3v) is 11.3. The minimum atomic E-state index is -1.09. The minimum absolute atomic E-state index is 0.0208. The van der Waals surface area contributed by atoms with Crippen LogP contribution in [0.5, 0.6) is 5.75 Å². The van der Waals surface area contributed by atoms with Crippen LogP contribution >= 0.6 is 15.9 Å². The average Bonchev–Trinajstić information content (AvgIpc) is 3.31. The summed E-state index contributed by atoms with van der Waals surface area (Å²) in [5.74, 6) is -0.521. The summed E-state index contributed by atoms with van der Waals surface area (Å²) < 4.78 is 6.41. The van der Waals surface area contributed by atoms with E-state index >= 15 is 0 Å². The number of phenols is 1. The van der Waals surface area contributed by atoms with Crippen LogP contribution < -0.4 is 16.3 Å². The lowest BCUT2D eigenvalue weighted by Crippen LogP contribution is -2.56. The van der Waals surface area contributed by atoms with Crippen molar-refractivity contribution in [2.24, 2.45) is 0 Å². The lowest BCUT2D eigenvalue weighted by Gasteiger charge is -2.43. The molecule has 0 aliphatic carbocycles. The summed E-state index contributed by atoms with van der Waals surface area (Å²) in [6.45, 7) is 5.97. The molecule has 14 nitrogen and oxygen atoms in total. The minimum Gasteiger partial charge on any atom is -0.507 e. The van der Waals surface area contributed by atoms with Crippen LogP contribution in [0.15, 0.2) is 40.9 Å². The number of hydroxylamine groups is 1. The van der Waals surface area contributed by atoms with Gasteiger partial charge in [-0.1, -0.05) is 29.7 Å². The van der Waals surface area contributed by atoms with Crippen LogP contribution in [0.1, 0.15) is 36.8 Å².